The predicted octanol–water partition coefficient (Wildman–Crippen LogP) is 2.95. The summed E-state index contributed by atoms with van der Waals surface area (Å²) in [5.41, 5.74) is 8.42. The quantitative estimate of drug-likeness (QED) is 0.648. The number of nitrogens with zero attached hydrogens (tertiary/aromatic N) is 1. The summed E-state index contributed by atoms with van der Waals surface area (Å²) in [6, 6.07) is 15.8. The van der Waals surface area contributed by atoms with Crippen LogP contribution in [-0.2, 0) is 9.59 Å². The minimum Gasteiger partial charge on any atom is -0.497 e. The van der Waals surface area contributed by atoms with E-state index in [9.17, 15) is 9.59 Å². The van der Waals surface area contributed by atoms with E-state index in [4.69, 9.17) is 10.5 Å². The predicted molar refractivity (Wildman–Crippen MR) is 114 cm³/mol. The van der Waals surface area contributed by atoms with Gasteiger partial charge in [-0.2, -0.15) is 0 Å². The molecular weight excluding hydrogens is 366 g/mol. The van der Waals surface area contributed by atoms with E-state index >= 15 is 0 Å². The summed E-state index contributed by atoms with van der Waals surface area (Å²) in [7, 11) is 1.64. The van der Waals surface area contributed by atoms with Crippen LogP contribution in [0, 0.1) is 12.8 Å². The molecule has 0 radical (unpaired) electrons. The number of aryl methyl sites for hydroxylation is 1. The second-order valence-corrected chi connectivity index (χ2v) is 7.63. The van der Waals surface area contributed by atoms with Crippen molar-refractivity contribution in [3.8, 4) is 5.75 Å². The highest BCUT2D eigenvalue weighted by Gasteiger charge is 2.33. The minimum atomic E-state index is -0.378. The van der Waals surface area contributed by atoms with Gasteiger partial charge in [-0.05, 0) is 61.1 Å². The zero-order valence-electron chi connectivity index (χ0n) is 17.1. The summed E-state index contributed by atoms with van der Waals surface area (Å²) in [5.74, 6) is 0.818. The molecule has 6 nitrogen and oxygen atoms in total. The van der Waals surface area contributed by atoms with Gasteiger partial charge >= 0.3 is 0 Å². The van der Waals surface area contributed by atoms with Crippen molar-refractivity contribution in [1.82, 2.24) is 5.32 Å². The summed E-state index contributed by atoms with van der Waals surface area (Å²) < 4.78 is 5.23. The third-order valence-corrected chi connectivity index (χ3v) is 5.21. The van der Waals surface area contributed by atoms with Gasteiger partial charge in [0.1, 0.15) is 5.75 Å². The van der Waals surface area contributed by atoms with Gasteiger partial charge in [0.2, 0.25) is 11.8 Å². The molecule has 1 fully saturated rings. The Balaban J connectivity index is 1.70. The molecular formula is C23H29N3O3. The average molecular weight is 396 g/mol. The highest BCUT2D eigenvalue weighted by molar-refractivity contribution is 5.82. The van der Waals surface area contributed by atoms with E-state index in [1.54, 1.807) is 7.11 Å². The molecule has 0 unspecified atom stereocenters. The number of nitrogens with two attached hydrogens (primary N) is 1. The molecule has 0 spiro atoms. The zero-order chi connectivity index (χ0) is 20.8. The van der Waals surface area contributed by atoms with Crippen LogP contribution in [-0.4, -0.2) is 32.0 Å². The summed E-state index contributed by atoms with van der Waals surface area (Å²) in [6.45, 7) is 2.58. The Morgan fingerprint density at radius 1 is 1.21 bits per heavy atom. The average Bonchev–Trinajstić information content (AvgIpc) is 3.54. The number of nitrogens with one attached hydrogen (secondary N) is 1. The van der Waals surface area contributed by atoms with Gasteiger partial charge in [-0.1, -0.05) is 24.3 Å². The van der Waals surface area contributed by atoms with Gasteiger partial charge in [-0.15, -0.1) is 0 Å². The van der Waals surface area contributed by atoms with Crippen molar-refractivity contribution < 1.29 is 14.3 Å². The molecule has 6 heteroatoms. The standard InChI is InChI=1S/C23H29N3O3/c1-16-4-3-5-19(14-16)26(13-12-21(24)27)15-22(28)25-23(17-6-7-17)18-8-10-20(29-2)11-9-18/h3-5,8-11,14,17,23H,6-7,12-13,15H2,1-2H3,(H2,24,27)(H,25,28)/t23-/m0/s1. The fraction of sp³-hybridized carbons (Fsp3) is 0.391. The van der Waals surface area contributed by atoms with Crippen molar-refractivity contribution in [3.63, 3.8) is 0 Å². The molecule has 0 saturated heterocycles. The smallest absolute Gasteiger partial charge is 0.240 e. The lowest BCUT2D eigenvalue weighted by Crippen LogP contribution is -2.40. The van der Waals surface area contributed by atoms with Crippen LogP contribution in [0.1, 0.15) is 36.4 Å². The molecule has 2 amide bonds. The molecule has 2 aromatic rings. The topological polar surface area (TPSA) is 84.7 Å². The number of benzene rings is 2. The third kappa shape index (κ3) is 5.98. The maximum absolute atomic E-state index is 12.9. The van der Waals surface area contributed by atoms with Gasteiger partial charge in [0.05, 0.1) is 19.7 Å². The fourth-order valence-electron chi connectivity index (χ4n) is 3.48. The molecule has 154 valence electrons. The molecule has 1 aliphatic rings. The van der Waals surface area contributed by atoms with E-state index < -0.39 is 0 Å². The van der Waals surface area contributed by atoms with Crippen molar-refractivity contribution in [2.75, 3.05) is 25.1 Å². The number of amides is 2. The first kappa shape index (κ1) is 20.7. The summed E-state index contributed by atoms with van der Waals surface area (Å²) in [5, 5.41) is 3.20. The SMILES string of the molecule is COc1ccc([C@@H](NC(=O)CN(CCC(N)=O)c2cccc(C)c2)C2CC2)cc1. The molecule has 0 aliphatic heterocycles. The maximum Gasteiger partial charge on any atom is 0.240 e. The Kier molecular flexibility index (Phi) is 6.75. The highest BCUT2D eigenvalue weighted by Crippen LogP contribution is 2.41. The number of hydrogen-bond donors (Lipinski definition) is 2. The summed E-state index contributed by atoms with van der Waals surface area (Å²) >= 11 is 0. The lowest BCUT2D eigenvalue weighted by atomic mass is 10.0. The molecule has 29 heavy (non-hydrogen) atoms. The van der Waals surface area contributed by atoms with Crippen LogP contribution in [0.3, 0.4) is 0 Å². The Labute approximate surface area is 172 Å². The van der Waals surface area contributed by atoms with E-state index in [2.05, 4.69) is 5.32 Å². The van der Waals surface area contributed by atoms with Crippen molar-refractivity contribution >= 4 is 17.5 Å². The second-order valence-electron chi connectivity index (χ2n) is 7.63. The van der Waals surface area contributed by atoms with Gasteiger partial charge < -0.3 is 20.7 Å². The van der Waals surface area contributed by atoms with Crippen LogP contribution in [0.25, 0.3) is 0 Å². The Morgan fingerprint density at radius 3 is 2.52 bits per heavy atom. The van der Waals surface area contributed by atoms with Gasteiger partial charge in [-0.3, -0.25) is 9.59 Å². The van der Waals surface area contributed by atoms with Crippen molar-refractivity contribution in [1.29, 1.82) is 0 Å². The van der Waals surface area contributed by atoms with Gasteiger partial charge in [0, 0.05) is 18.7 Å². The number of anilines is 1. The van der Waals surface area contributed by atoms with Crippen LogP contribution in [0.5, 0.6) is 5.75 Å². The first-order valence-electron chi connectivity index (χ1n) is 9.99. The Bertz CT molecular complexity index is 847. The van der Waals surface area contributed by atoms with Gasteiger partial charge in [0.15, 0.2) is 0 Å². The fourth-order valence-corrected chi connectivity index (χ4v) is 3.48. The summed E-state index contributed by atoms with van der Waals surface area (Å²) in [4.78, 5) is 26.1. The molecule has 3 N–H and O–H groups in total. The molecule has 2 aromatic carbocycles. The first-order valence-corrected chi connectivity index (χ1v) is 9.99. The monoisotopic (exact) mass is 395 g/mol. The second kappa shape index (κ2) is 9.45. The highest BCUT2D eigenvalue weighted by atomic mass is 16.5. The molecule has 1 atom stereocenters. The number of carbonyl (C=O) groups is 2. The number of methoxy groups -OCH3 is 1. The molecule has 0 heterocycles. The van der Waals surface area contributed by atoms with Gasteiger partial charge in [0.25, 0.3) is 0 Å². The lowest BCUT2D eigenvalue weighted by Gasteiger charge is -2.26. The molecule has 3 rings (SSSR count). The summed E-state index contributed by atoms with van der Waals surface area (Å²) in [6.07, 6.45) is 2.42. The van der Waals surface area contributed by atoms with Crippen LogP contribution in [0.2, 0.25) is 0 Å². The number of primary amides is 1. The van der Waals surface area contributed by atoms with E-state index in [0.717, 1.165) is 35.4 Å². The van der Waals surface area contributed by atoms with E-state index in [0.29, 0.717) is 12.5 Å². The molecule has 1 saturated carbocycles. The third-order valence-electron chi connectivity index (χ3n) is 5.21. The molecule has 0 bridgehead atoms. The van der Waals surface area contributed by atoms with Crippen LogP contribution < -0.4 is 20.7 Å². The van der Waals surface area contributed by atoms with E-state index in [1.807, 2.05) is 60.4 Å². The van der Waals surface area contributed by atoms with Crippen molar-refractivity contribution in [3.05, 3.63) is 59.7 Å². The molecule has 0 aromatic heterocycles. The largest absolute Gasteiger partial charge is 0.497 e. The lowest BCUT2D eigenvalue weighted by molar-refractivity contribution is -0.121. The first-order chi connectivity index (χ1) is 14.0. The number of hydrogen-bond acceptors (Lipinski definition) is 4. The van der Waals surface area contributed by atoms with Crippen molar-refractivity contribution in [2.24, 2.45) is 11.7 Å². The van der Waals surface area contributed by atoms with E-state index in [-0.39, 0.29) is 30.8 Å². The number of ether oxygens (including phenoxy) is 1. The molecule has 1 aliphatic carbocycles. The number of carbonyl (C=O) groups excluding carboxylic acids is 2. The maximum atomic E-state index is 12.9. The van der Waals surface area contributed by atoms with Crippen LogP contribution >= 0.6 is 0 Å². The number of rotatable bonds is 10. The Hall–Kier alpha value is -3.02. The normalized spacial score (nSPS) is 14.1. The zero-order valence-corrected chi connectivity index (χ0v) is 17.1. The van der Waals surface area contributed by atoms with E-state index in [1.165, 1.54) is 0 Å². The van der Waals surface area contributed by atoms with Crippen molar-refractivity contribution in [2.45, 2.75) is 32.2 Å². The minimum absolute atomic E-state index is 0.0103. The Morgan fingerprint density at radius 2 is 1.93 bits per heavy atom. The van der Waals surface area contributed by atoms with Crippen LogP contribution in [0.15, 0.2) is 48.5 Å². The van der Waals surface area contributed by atoms with Gasteiger partial charge in [-0.25, -0.2) is 0 Å². The van der Waals surface area contributed by atoms with Crippen LogP contribution in [0.4, 0.5) is 5.69 Å².